The maximum absolute atomic E-state index is 13.9. The molecule has 0 aliphatic heterocycles. The SMILES string of the molecule is COc1ccc(-n2c(=O)c3c4c(sc3n(CC(=O)NCCC3=CCCCC3)c2=O)CCCC4)c(OC)c1. The van der Waals surface area contributed by atoms with E-state index in [1.54, 1.807) is 25.3 Å². The third-order valence-corrected chi connectivity index (χ3v) is 8.63. The van der Waals surface area contributed by atoms with Gasteiger partial charge in [-0.15, -0.1) is 11.3 Å². The lowest BCUT2D eigenvalue weighted by atomic mass is 9.97. The number of rotatable bonds is 8. The standard InChI is InChI=1S/C28H33N3O5S/c1-35-19-12-13-21(22(16-19)36-2)31-26(33)25-20-10-6-7-11-23(20)37-27(25)30(28(31)34)17-24(32)29-15-14-18-8-4-3-5-9-18/h8,12-13,16H,3-7,9-11,14-15,17H2,1-2H3,(H,29,32). The van der Waals surface area contributed by atoms with E-state index in [0.717, 1.165) is 60.0 Å². The van der Waals surface area contributed by atoms with Crippen molar-refractivity contribution in [1.82, 2.24) is 14.5 Å². The molecule has 196 valence electrons. The van der Waals surface area contributed by atoms with E-state index in [9.17, 15) is 14.4 Å². The minimum absolute atomic E-state index is 0.146. The topological polar surface area (TPSA) is 91.6 Å². The highest BCUT2D eigenvalue weighted by Crippen LogP contribution is 2.35. The maximum atomic E-state index is 13.9. The predicted molar refractivity (Wildman–Crippen MR) is 146 cm³/mol. The average Bonchev–Trinajstić information content (AvgIpc) is 3.31. The number of fused-ring (bicyclic) bond motifs is 3. The number of nitrogens with one attached hydrogen (secondary N) is 1. The molecule has 1 aromatic carbocycles. The molecule has 2 heterocycles. The second kappa shape index (κ2) is 11.0. The Morgan fingerprint density at radius 3 is 2.62 bits per heavy atom. The van der Waals surface area contributed by atoms with Gasteiger partial charge < -0.3 is 14.8 Å². The van der Waals surface area contributed by atoms with Crippen LogP contribution in [0.2, 0.25) is 0 Å². The number of nitrogens with zero attached hydrogens (tertiary/aromatic N) is 2. The van der Waals surface area contributed by atoms with Gasteiger partial charge in [-0.25, -0.2) is 9.36 Å². The van der Waals surface area contributed by atoms with Gasteiger partial charge in [-0.05, 0) is 75.5 Å². The van der Waals surface area contributed by atoms with Crippen LogP contribution in [-0.2, 0) is 24.2 Å². The van der Waals surface area contributed by atoms with Crippen molar-refractivity contribution >= 4 is 27.5 Å². The summed E-state index contributed by atoms with van der Waals surface area (Å²) in [5.74, 6) is 0.659. The number of benzene rings is 1. The number of allylic oxidation sites excluding steroid dienone is 1. The van der Waals surface area contributed by atoms with Gasteiger partial charge in [0.15, 0.2) is 0 Å². The Morgan fingerprint density at radius 2 is 1.86 bits per heavy atom. The van der Waals surface area contributed by atoms with Crippen molar-refractivity contribution in [2.75, 3.05) is 20.8 Å². The number of ether oxygens (including phenoxy) is 2. The van der Waals surface area contributed by atoms with Gasteiger partial charge in [0.1, 0.15) is 22.9 Å². The second-order valence-electron chi connectivity index (χ2n) is 9.65. The smallest absolute Gasteiger partial charge is 0.337 e. The van der Waals surface area contributed by atoms with Gasteiger partial charge in [0.25, 0.3) is 5.56 Å². The van der Waals surface area contributed by atoms with E-state index < -0.39 is 5.69 Å². The van der Waals surface area contributed by atoms with Crippen LogP contribution in [0.25, 0.3) is 15.9 Å². The van der Waals surface area contributed by atoms with Crippen molar-refractivity contribution < 1.29 is 14.3 Å². The molecule has 0 spiro atoms. The third-order valence-electron chi connectivity index (χ3n) is 7.32. The van der Waals surface area contributed by atoms with Crippen LogP contribution >= 0.6 is 11.3 Å². The number of amides is 1. The molecule has 9 heteroatoms. The molecule has 2 aromatic heterocycles. The molecule has 0 fully saturated rings. The van der Waals surface area contributed by atoms with E-state index >= 15 is 0 Å². The Hall–Kier alpha value is -3.33. The zero-order valence-electron chi connectivity index (χ0n) is 21.4. The number of aromatic nitrogens is 2. The molecule has 8 nitrogen and oxygen atoms in total. The number of aryl methyl sites for hydroxylation is 2. The first-order chi connectivity index (χ1) is 18.0. The molecule has 0 radical (unpaired) electrons. The van der Waals surface area contributed by atoms with Gasteiger partial charge in [-0.2, -0.15) is 0 Å². The molecule has 5 rings (SSSR count). The monoisotopic (exact) mass is 523 g/mol. The fourth-order valence-corrected chi connectivity index (χ4v) is 6.76. The molecule has 0 atom stereocenters. The molecule has 0 unspecified atom stereocenters. The number of carbonyl (C=O) groups excluding carboxylic acids is 1. The summed E-state index contributed by atoms with van der Waals surface area (Å²) in [6.07, 6.45) is 11.5. The second-order valence-corrected chi connectivity index (χ2v) is 10.7. The van der Waals surface area contributed by atoms with Crippen molar-refractivity contribution in [2.45, 2.75) is 64.3 Å². The Labute approximate surface area is 219 Å². The van der Waals surface area contributed by atoms with Crippen molar-refractivity contribution in [3.8, 4) is 17.2 Å². The van der Waals surface area contributed by atoms with E-state index in [0.29, 0.717) is 33.9 Å². The van der Waals surface area contributed by atoms with Gasteiger partial charge in [0, 0.05) is 17.5 Å². The Morgan fingerprint density at radius 1 is 1.05 bits per heavy atom. The van der Waals surface area contributed by atoms with E-state index in [1.165, 1.54) is 41.4 Å². The minimum Gasteiger partial charge on any atom is -0.497 e. The van der Waals surface area contributed by atoms with Crippen molar-refractivity contribution in [1.29, 1.82) is 0 Å². The lowest BCUT2D eigenvalue weighted by molar-refractivity contribution is -0.121. The molecule has 1 amide bonds. The Kier molecular flexibility index (Phi) is 7.50. The number of hydrogen-bond acceptors (Lipinski definition) is 6. The highest BCUT2D eigenvalue weighted by Gasteiger charge is 2.26. The van der Waals surface area contributed by atoms with Crippen LogP contribution in [0.15, 0.2) is 39.4 Å². The Bertz CT molecular complexity index is 1480. The fraction of sp³-hybridized carbons (Fsp3) is 0.464. The van der Waals surface area contributed by atoms with E-state index in [-0.39, 0.29) is 18.0 Å². The van der Waals surface area contributed by atoms with Gasteiger partial charge in [-0.3, -0.25) is 14.2 Å². The molecular weight excluding hydrogens is 490 g/mol. The molecule has 37 heavy (non-hydrogen) atoms. The van der Waals surface area contributed by atoms with Crippen LogP contribution in [0.3, 0.4) is 0 Å². The zero-order chi connectivity index (χ0) is 25.9. The highest BCUT2D eigenvalue weighted by atomic mass is 32.1. The molecule has 2 aliphatic carbocycles. The van der Waals surface area contributed by atoms with E-state index in [2.05, 4.69) is 11.4 Å². The van der Waals surface area contributed by atoms with Crippen molar-refractivity contribution in [3.05, 3.63) is 61.1 Å². The summed E-state index contributed by atoms with van der Waals surface area (Å²) in [6.45, 7) is 0.391. The molecule has 1 N–H and O–H groups in total. The fourth-order valence-electron chi connectivity index (χ4n) is 5.38. The number of methoxy groups -OCH3 is 2. The summed E-state index contributed by atoms with van der Waals surface area (Å²) in [6, 6.07) is 4.98. The van der Waals surface area contributed by atoms with E-state index in [4.69, 9.17) is 9.47 Å². The normalized spacial score (nSPS) is 15.2. The first kappa shape index (κ1) is 25.3. The summed E-state index contributed by atoms with van der Waals surface area (Å²) >= 11 is 1.47. The molecule has 0 bridgehead atoms. The summed E-state index contributed by atoms with van der Waals surface area (Å²) in [4.78, 5) is 42.4. The van der Waals surface area contributed by atoms with Crippen molar-refractivity contribution in [2.24, 2.45) is 0 Å². The molecule has 2 aliphatic rings. The van der Waals surface area contributed by atoms with Crippen LogP contribution in [0, 0.1) is 0 Å². The first-order valence-corrected chi connectivity index (χ1v) is 13.8. The highest BCUT2D eigenvalue weighted by molar-refractivity contribution is 7.18. The largest absolute Gasteiger partial charge is 0.497 e. The van der Waals surface area contributed by atoms with Gasteiger partial charge in [0.05, 0.1) is 25.3 Å². The summed E-state index contributed by atoms with van der Waals surface area (Å²) in [5.41, 5.74) is 1.80. The van der Waals surface area contributed by atoms with Crippen LogP contribution < -0.4 is 26.0 Å². The number of thiophene rings is 1. The molecular formula is C28H33N3O5S. The first-order valence-electron chi connectivity index (χ1n) is 13.0. The van der Waals surface area contributed by atoms with Crippen LogP contribution in [0.5, 0.6) is 11.5 Å². The van der Waals surface area contributed by atoms with E-state index in [1.807, 2.05) is 0 Å². The Balaban J connectivity index is 1.57. The van der Waals surface area contributed by atoms with Crippen LogP contribution in [-0.4, -0.2) is 35.8 Å². The zero-order valence-corrected chi connectivity index (χ0v) is 22.2. The van der Waals surface area contributed by atoms with Crippen LogP contribution in [0.1, 0.15) is 55.4 Å². The summed E-state index contributed by atoms with van der Waals surface area (Å²) < 4.78 is 13.4. The average molecular weight is 524 g/mol. The summed E-state index contributed by atoms with van der Waals surface area (Å²) in [5, 5.41) is 3.52. The summed E-state index contributed by atoms with van der Waals surface area (Å²) in [7, 11) is 3.03. The number of carbonyl (C=O) groups is 1. The molecule has 0 saturated heterocycles. The maximum Gasteiger partial charge on any atom is 0.337 e. The lowest BCUT2D eigenvalue weighted by Gasteiger charge is -2.16. The predicted octanol–water partition coefficient (Wildman–Crippen LogP) is 4.12. The van der Waals surface area contributed by atoms with Gasteiger partial charge in [0.2, 0.25) is 5.91 Å². The third kappa shape index (κ3) is 4.97. The quantitative estimate of drug-likeness (QED) is 0.449. The van der Waals surface area contributed by atoms with Crippen molar-refractivity contribution in [3.63, 3.8) is 0 Å². The molecule has 0 saturated carbocycles. The minimum atomic E-state index is -0.551. The molecule has 3 aromatic rings. The van der Waals surface area contributed by atoms with Crippen LogP contribution in [0.4, 0.5) is 0 Å². The number of hydrogen-bond donors (Lipinski definition) is 1. The van der Waals surface area contributed by atoms with Gasteiger partial charge in [-0.1, -0.05) is 11.6 Å². The van der Waals surface area contributed by atoms with Gasteiger partial charge >= 0.3 is 5.69 Å². The lowest BCUT2D eigenvalue weighted by Crippen LogP contribution is -2.42.